The molecule has 0 saturated carbocycles. The molecule has 0 aliphatic carbocycles. The average molecular weight is 211 g/mol. The third-order valence-corrected chi connectivity index (χ3v) is 0.617. The molecule has 0 atom stereocenters. The molecule has 0 aromatic carbocycles. The topological polar surface area (TPSA) is 174 Å². The molecular formula is C4H13N5O3S. The van der Waals surface area contributed by atoms with Crippen molar-refractivity contribution in [3.63, 3.8) is 0 Å². The third kappa shape index (κ3) is 13.6. The van der Waals surface area contributed by atoms with Crippen LogP contribution in [0, 0.1) is 0 Å². The van der Waals surface area contributed by atoms with Crippen LogP contribution in [0.15, 0.2) is 6.07 Å². The summed E-state index contributed by atoms with van der Waals surface area (Å²) in [5.74, 6) is 0.926. The Kier molecular flexibility index (Phi) is 5.85. The van der Waals surface area contributed by atoms with Gasteiger partial charge >= 0.3 is 0 Å². The lowest BCUT2D eigenvalue weighted by atomic mass is 10.6. The van der Waals surface area contributed by atoms with Crippen LogP contribution in [0.3, 0.4) is 0 Å². The molecule has 1 rings (SSSR count). The summed E-state index contributed by atoms with van der Waals surface area (Å²) in [6, 6.07) is 1.56. The largest absolute Gasteiger partial charge is 0.748 e. The molecule has 8 nitrogen and oxygen atoms in total. The van der Waals surface area contributed by atoms with E-state index in [1.807, 2.05) is 0 Å². The second kappa shape index (κ2) is 5.35. The normalized spacial score (nSPS) is 9.38. The lowest BCUT2D eigenvalue weighted by molar-refractivity contribution is 0.470. The highest BCUT2D eigenvalue weighted by Crippen LogP contribution is 1.98. The standard InChI is InChI=1S/C3H6N4.CH4O3S.H3N/c4-2-1-3(5)7-6-2;1-5(2,3)4;/h1H,(H5,4,5,6,7);1H3,(H,2,3,4);1H3. The van der Waals surface area contributed by atoms with E-state index >= 15 is 0 Å². The molecule has 0 aliphatic rings. The monoisotopic (exact) mass is 211 g/mol. The molecule has 0 bridgehead atoms. The number of anilines is 2. The van der Waals surface area contributed by atoms with Crippen LogP contribution in [0.5, 0.6) is 0 Å². The predicted molar refractivity (Wildman–Crippen MR) is 49.0 cm³/mol. The van der Waals surface area contributed by atoms with Crippen molar-refractivity contribution in [1.82, 2.24) is 16.3 Å². The maximum absolute atomic E-state index is 9.08. The molecule has 0 aliphatic heterocycles. The summed E-state index contributed by atoms with van der Waals surface area (Å²) in [5.41, 5.74) is 10.3. The lowest BCUT2D eigenvalue weighted by Crippen LogP contribution is -1.88. The molecule has 9 N–H and O–H groups in total. The fourth-order valence-corrected chi connectivity index (χ4v) is 0.353. The van der Waals surface area contributed by atoms with Gasteiger partial charge in [-0.2, -0.15) is 5.10 Å². The van der Waals surface area contributed by atoms with Gasteiger partial charge in [-0.15, -0.1) is 0 Å². The summed E-state index contributed by atoms with van der Waals surface area (Å²) in [6.07, 6.45) is 0.604. The van der Waals surface area contributed by atoms with Crippen molar-refractivity contribution >= 4 is 21.8 Å². The molecule has 1 heterocycles. The van der Waals surface area contributed by atoms with E-state index in [0.717, 1.165) is 0 Å². The number of nitrogen functional groups attached to an aromatic ring is 2. The number of hydrogen-bond acceptors (Lipinski definition) is 6. The molecular weight excluding hydrogens is 198 g/mol. The minimum atomic E-state index is -3.92. The Morgan fingerprint density at radius 3 is 2.00 bits per heavy atom. The smallest absolute Gasteiger partial charge is 0.147 e. The molecule has 0 unspecified atom stereocenters. The van der Waals surface area contributed by atoms with Crippen molar-refractivity contribution in [3.05, 3.63) is 6.07 Å². The molecule has 78 valence electrons. The minimum Gasteiger partial charge on any atom is -0.748 e. The summed E-state index contributed by atoms with van der Waals surface area (Å²) in [7, 11) is -3.92. The van der Waals surface area contributed by atoms with Crippen molar-refractivity contribution in [2.24, 2.45) is 0 Å². The van der Waals surface area contributed by atoms with E-state index in [4.69, 9.17) is 24.4 Å². The van der Waals surface area contributed by atoms with Gasteiger partial charge in [-0.25, -0.2) is 8.42 Å². The molecule has 9 heteroatoms. The van der Waals surface area contributed by atoms with Crippen LogP contribution in [-0.2, 0) is 10.1 Å². The fourth-order valence-electron chi connectivity index (χ4n) is 0.353. The first-order valence-electron chi connectivity index (χ1n) is 2.76. The van der Waals surface area contributed by atoms with Crippen LogP contribution >= 0.6 is 0 Å². The van der Waals surface area contributed by atoms with Gasteiger partial charge in [0.25, 0.3) is 0 Å². The molecule has 0 saturated heterocycles. The summed E-state index contributed by atoms with van der Waals surface area (Å²) < 4.78 is 27.2. The van der Waals surface area contributed by atoms with Crippen LogP contribution in [-0.4, -0.2) is 29.4 Å². The van der Waals surface area contributed by atoms with Gasteiger partial charge < -0.3 is 22.2 Å². The number of nitrogens with two attached hydrogens (primary N) is 2. The SMILES string of the molecule is CS(=O)(=O)[O-].Nc1cc(N)[nH]n1.[NH4+]. The van der Waals surface area contributed by atoms with Crippen LogP contribution in [0.1, 0.15) is 0 Å². The molecule has 0 fully saturated rings. The van der Waals surface area contributed by atoms with Crippen LogP contribution in [0.2, 0.25) is 0 Å². The van der Waals surface area contributed by atoms with E-state index in [0.29, 0.717) is 17.9 Å². The second-order valence-corrected chi connectivity index (χ2v) is 3.36. The number of nitrogens with zero attached hydrogens (tertiary/aromatic N) is 1. The number of aromatic amines is 1. The maximum atomic E-state index is 9.08. The van der Waals surface area contributed by atoms with Gasteiger partial charge in [0.15, 0.2) is 0 Å². The average Bonchev–Trinajstić information content (AvgIpc) is 2.09. The Balaban J connectivity index is 0. The predicted octanol–water partition coefficient (Wildman–Crippen LogP) is -0.888. The quantitative estimate of drug-likeness (QED) is 0.405. The fraction of sp³-hybridized carbons (Fsp3) is 0.250. The van der Waals surface area contributed by atoms with Gasteiger partial charge in [0.2, 0.25) is 0 Å². The molecule has 1 aromatic rings. The van der Waals surface area contributed by atoms with Crippen LogP contribution in [0.4, 0.5) is 11.6 Å². The number of nitrogens with one attached hydrogen (secondary N) is 1. The van der Waals surface area contributed by atoms with Gasteiger partial charge in [-0.3, -0.25) is 5.10 Å². The van der Waals surface area contributed by atoms with E-state index in [9.17, 15) is 0 Å². The number of rotatable bonds is 0. The van der Waals surface area contributed by atoms with Crippen molar-refractivity contribution in [2.75, 3.05) is 17.7 Å². The Labute approximate surface area is 75.6 Å². The molecule has 0 amide bonds. The zero-order valence-electron chi connectivity index (χ0n) is 7.31. The first-order valence-corrected chi connectivity index (χ1v) is 4.58. The molecule has 1 aromatic heterocycles. The van der Waals surface area contributed by atoms with Gasteiger partial charge in [0.1, 0.15) is 11.6 Å². The Morgan fingerprint density at radius 2 is 1.92 bits per heavy atom. The minimum absolute atomic E-state index is 0. The highest BCUT2D eigenvalue weighted by Gasteiger charge is 1.85. The van der Waals surface area contributed by atoms with E-state index in [2.05, 4.69) is 10.2 Å². The van der Waals surface area contributed by atoms with Gasteiger partial charge in [-0.05, 0) is 0 Å². The first-order chi connectivity index (χ1) is 5.29. The van der Waals surface area contributed by atoms with E-state index in [-0.39, 0.29) is 6.15 Å². The van der Waals surface area contributed by atoms with Gasteiger partial charge in [-0.1, -0.05) is 0 Å². The number of aromatic nitrogens is 2. The van der Waals surface area contributed by atoms with E-state index in [1.54, 1.807) is 6.07 Å². The van der Waals surface area contributed by atoms with E-state index < -0.39 is 10.1 Å². The molecule has 0 radical (unpaired) electrons. The highest BCUT2D eigenvalue weighted by atomic mass is 32.2. The van der Waals surface area contributed by atoms with Crippen LogP contribution < -0.4 is 17.6 Å². The Hall–Kier alpha value is -1.32. The van der Waals surface area contributed by atoms with Crippen molar-refractivity contribution in [2.45, 2.75) is 0 Å². The summed E-state index contributed by atoms with van der Waals surface area (Å²) in [5, 5.41) is 6.02. The number of hydrogen-bond donors (Lipinski definition) is 4. The second-order valence-electron chi connectivity index (χ2n) is 1.95. The summed E-state index contributed by atoms with van der Waals surface area (Å²) in [4.78, 5) is 0. The highest BCUT2D eigenvalue weighted by molar-refractivity contribution is 7.84. The zero-order valence-corrected chi connectivity index (χ0v) is 8.13. The van der Waals surface area contributed by atoms with Crippen molar-refractivity contribution in [1.29, 1.82) is 0 Å². The first kappa shape index (κ1) is 14.2. The number of quaternary nitrogens is 1. The molecule has 0 spiro atoms. The van der Waals surface area contributed by atoms with Crippen molar-refractivity contribution < 1.29 is 13.0 Å². The maximum Gasteiger partial charge on any atom is 0.147 e. The summed E-state index contributed by atoms with van der Waals surface area (Å²) >= 11 is 0. The van der Waals surface area contributed by atoms with Gasteiger partial charge in [0, 0.05) is 12.3 Å². The van der Waals surface area contributed by atoms with E-state index in [1.165, 1.54) is 0 Å². The summed E-state index contributed by atoms with van der Waals surface area (Å²) in [6.45, 7) is 0. The third-order valence-electron chi connectivity index (χ3n) is 0.617. The Bertz CT molecular complexity index is 307. The van der Waals surface area contributed by atoms with Crippen molar-refractivity contribution in [3.8, 4) is 0 Å². The number of H-pyrrole nitrogens is 1. The zero-order chi connectivity index (χ0) is 9.78. The van der Waals surface area contributed by atoms with Crippen LogP contribution in [0.25, 0.3) is 0 Å². The molecule has 13 heavy (non-hydrogen) atoms. The lowest BCUT2D eigenvalue weighted by Gasteiger charge is -1.90. The Morgan fingerprint density at radius 1 is 1.54 bits per heavy atom. The van der Waals surface area contributed by atoms with Gasteiger partial charge in [0.05, 0.1) is 10.1 Å².